The molecule has 2 fully saturated rings. The fraction of sp³-hybridized carbons (Fsp3) is 1.00. The molecule has 2 unspecified atom stereocenters. The summed E-state index contributed by atoms with van der Waals surface area (Å²) in [6, 6.07) is 2.45. The Bertz CT molecular complexity index is 113. The third-order valence-corrected chi connectivity index (χ3v) is 2.88. The standard InChI is InChI=1S/C8H16N2.C2H6/c1-9-8-4-6-2-3-7(5-8)10-6;1-2/h6-10H,2-5H2,1H3;1-2H3. The van der Waals surface area contributed by atoms with Crippen LogP contribution in [0.4, 0.5) is 0 Å². The van der Waals surface area contributed by atoms with Crippen LogP contribution < -0.4 is 10.6 Å². The zero-order valence-corrected chi connectivity index (χ0v) is 8.56. The second kappa shape index (κ2) is 4.83. The lowest BCUT2D eigenvalue weighted by Crippen LogP contribution is -2.45. The van der Waals surface area contributed by atoms with E-state index in [1.165, 1.54) is 25.7 Å². The first-order valence-electron chi connectivity index (χ1n) is 5.32. The van der Waals surface area contributed by atoms with E-state index >= 15 is 0 Å². The number of hydrogen-bond donors (Lipinski definition) is 2. The summed E-state index contributed by atoms with van der Waals surface area (Å²) >= 11 is 0. The highest BCUT2D eigenvalue weighted by Crippen LogP contribution is 2.26. The van der Waals surface area contributed by atoms with Gasteiger partial charge in [-0.25, -0.2) is 0 Å². The van der Waals surface area contributed by atoms with Crippen molar-refractivity contribution in [3.8, 4) is 0 Å². The van der Waals surface area contributed by atoms with E-state index in [9.17, 15) is 0 Å². The number of hydrogen-bond acceptors (Lipinski definition) is 2. The Morgan fingerprint density at radius 3 is 2.00 bits per heavy atom. The van der Waals surface area contributed by atoms with E-state index in [2.05, 4.69) is 17.7 Å². The van der Waals surface area contributed by atoms with Crippen LogP contribution in [0.25, 0.3) is 0 Å². The van der Waals surface area contributed by atoms with E-state index in [-0.39, 0.29) is 0 Å². The van der Waals surface area contributed by atoms with E-state index in [4.69, 9.17) is 0 Å². The number of rotatable bonds is 1. The lowest BCUT2D eigenvalue weighted by Gasteiger charge is -2.28. The van der Waals surface area contributed by atoms with Gasteiger partial charge in [-0.1, -0.05) is 13.8 Å². The topological polar surface area (TPSA) is 24.1 Å². The highest BCUT2D eigenvalue weighted by Gasteiger charge is 2.32. The van der Waals surface area contributed by atoms with E-state index in [0.717, 1.165) is 18.1 Å². The third kappa shape index (κ3) is 2.20. The van der Waals surface area contributed by atoms with Crippen LogP contribution in [-0.4, -0.2) is 25.2 Å². The fourth-order valence-electron chi connectivity index (χ4n) is 2.29. The van der Waals surface area contributed by atoms with Crippen LogP contribution in [-0.2, 0) is 0 Å². The van der Waals surface area contributed by atoms with Crippen molar-refractivity contribution in [2.24, 2.45) is 0 Å². The molecule has 0 aromatic heterocycles. The first-order valence-corrected chi connectivity index (χ1v) is 5.32. The monoisotopic (exact) mass is 170 g/mol. The number of fused-ring (bicyclic) bond motifs is 2. The molecule has 0 spiro atoms. The summed E-state index contributed by atoms with van der Waals surface area (Å²) in [5, 5.41) is 6.98. The molecule has 2 bridgehead atoms. The molecule has 12 heavy (non-hydrogen) atoms. The second-order valence-corrected chi connectivity index (χ2v) is 3.59. The van der Waals surface area contributed by atoms with Crippen LogP contribution in [0.15, 0.2) is 0 Å². The Labute approximate surface area is 76.1 Å². The van der Waals surface area contributed by atoms with Crippen molar-refractivity contribution in [2.75, 3.05) is 7.05 Å². The predicted molar refractivity (Wildman–Crippen MR) is 53.4 cm³/mol. The van der Waals surface area contributed by atoms with Crippen molar-refractivity contribution >= 4 is 0 Å². The minimum absolute atomic E-state index is 0.791. The summed E-state index contributed by atoms with van der Waals surface area (Å²) in [6.45, 7) is 4.00. The predicted octanol–water partition coefficient (Wildman–Crippen LogP) is 1.51. The van der Waals surface area contributed by atoms with Crippen LogP contribution in [0, 0.1) is 0 Å². The smallest absolute Gasteiger partial charge is 0.00936 e. The Balaban J connectivity index is 0.000000336. The minimum Gasteiger partial charge on any atom is -0.317 e. The lowest BCUT2D eigenvalue weighted by molar-refractivity contribution is 0.331. The molecule has 2 heteroatoms. The van der Waals surface area contributed by atoms with Crippen LogP contribution in [0.3, 0.4) is 0 Å². The third-order valence-electron chi connectivity index (χ3n) is 2.88. The highest BCUT2D eigenvalue weighted by molar-refractivity contribution is 4.94. The van der Waals surface area contributed by atoms with Crippen molar-refractivity contribution in [2.45, 2.75) is 57.7 Å². The van der Waals surface area contributed by atoms with Gasteiger partial charge in [0.15, 0.2) is 0 Å². The van der Waals surface area contributed by atoms with Gasteiger partial charge in [0, 0.05) is 18.1 Å². The molecule has 2 heterocycles. The van der Waals surface area contributed by atoms with E-state index < -0.39 is 0 Å². The summed E-state index contributed by atoms with van der Waals surface area (Å²) in [7, 11) is 2.08. The Hall–Kier alpha value is -0.0800. The van der Waals surface area contributed by atoms with Gasteiger partial charge < -0.3 is 10.6 Å². The van der Waals surface area contributed by atoms with Gasteiger partial charge in [0.2, 0.25) is 0 Å². The molecule has 0 aliphatic carbocycles. The summed E-state index contributed by atoms with van der Waals surface area (Å²) in [6.07, 6.45) is 5.49. The molecule has 2 nitrogen and oxygen atoms in total. The first kappa shape index (κ1) is 10.0. The molecule has 0 saturated carbocycles. The van der Waals surface area contributed by atoms with Gasteiger partial charge in [-0.3, -0.25) is 0 Å². The van der Waals surface area contributed by atoms with E-state index in [1.54, 1.807) is 0 Å². The van der Waals surface area contributed by atoms with Crippen LogP contribution in [0.5, 0.6) is 0 Å². The van der Waals surface area contributed by atoms with Crippen molar-refractivity contribution in [1.29, 1.82) is 0 Å². The molecular formula is C10H22N2. The molecule has 0 aromatic carbocycles. The summed E-state index contributed by atoms with van der Waals surface area (Å²) in [5.41, 5.74) is 0. The Kier molecular flexibility index (Phi) is 4.02. The van der Waals surface area contributed by atoms with Crippen molar-refractivity contribution < 1.29 is 0 Å². The van der Waals surface area contributed by atoms with Gasteiger partial charge in [0.1, 0.15) is 0 Å². The van der Waals surface area contributed by atoms with Gasteiger partial charge in [-0.05, 0) is 32.7 Å². The molecule has 0 aromatic rings. The molecule has 0 radical (unpaired) electrons. The number of piperidine rings is 1. The Morgan fingerprint density at radius 2 is 1.58 bits per heavy atom. The molecule has 0 amide bonds. The molecule has 2 atom stereocenters. The first-order chi connectivity index (χ1) is 5.88. The average Bonchev–Trinajstić information content (AvgIpc) is 2.49. The second-order valence-electron chi connectivity index (χ2n) is 3.59. The molecule has 2 aliphatic rings. The largest absolute Gasteiger partial charge is 0.317 e. The summed E-state index contributed by atoms with van der Waals surface area (Å²) < 4.78 is 0. The van der Waals surface area contributed by atoms with Crippen LogP contribution >= 0.6 is 0 Å². The highest BCUT2D eigenvalue weighted by atomic mass is 15.0. The molecule has 72 valence electrons. The van der Waals surface area contributed by atoms with E-state index in [1.807, 2.05) is 13.8 Å². The fourth-order valence-corrected chi connectivity index (χ4v) is 2.29. The van der Waals surface area contributed by atoms with Crippen LogP contribution in [0.2, 0.25) is 0 Å². The zero-order chi connectivity index (χ0) is 8.97. The van der Waals surface area contributed by atoms with Crippen molar-refractivity contribution in [1.82, 2.24) is 10.6 Å². The maximum Gasteiger partial charge on any atom is 0.00936 e. The molecule has 2 saturated heterocycles. The van der Waals surface area contributed by atoms with Gasteiger partial charge in [-0.15, -0.1) is 0 Å². The Morgan fingerprint density at radius 1 is 1.08 bits per heavy atom. The van der Waals surface area contributed by atoms with Crippen molar-refractivity contribution in [3.05, 3.63) is 0 Å². The SMILES string of the molecule is CC.CNC1CC2CCC(C1)N2. The zero-order valence-electron chi connectivity index (χ0n) is 8.56. The molecule has 2 N–H and O–H groups in total. The molecule has 2 rings (SSSR count). The van der Waals surface area contributed by atoms with Crippen molar-refractivity contribution in [3.63, 3.8) is 0 Å². The summed E-state index contributed by atoms with van der Waals surface area (Å²) in [5.74, 6) is 0. The molecular weight excluding hydrogens is 148 g/mol. The average molecular weight is 170 g/mol. The summed E-state index contributed by atoms with van der Waals surface area (Å²) in [4.78, 5) is 0. The maximum atomic E-state index is 3.61. The van der Waals surface area contributed by atoms with Gasteiger partial charge in [0.25, 0.3) is 0 Å². The van der Waals surface area contributed by atoms with E-state index in [0.29, 0.717) is 0 Å². The normalized spacial score (nSPS) is 38.8. The van der Waals surface area contributed by atoms with Gasteiger partial charge in [-0.2, -0.15) is 0 Å². The molecule has 2 aliphatic heterocycles. The van der Waals surface area contributed by atoms with Crippen LogP contribution in [0.1, 0.15) is 39.5 Å². The lowest BCUT2D eigenvalue weighted by atomic mass is 10.0. The minimum atomic E-state index is 0.791. The quantitative estimate of drug-likeness (QED) is 0.623. The van der Waals surface area contributed by atoms with Gasteiger partial charge >= 0.3 is 0 Å². The number of nitrogens with one attached hydrogen (secondary N) is 2. The van der Waals surface area contributed by atoms with Gasteiger partial charge in [0.05, 0.1) is 0 Å². The maximum absolute atomic E-state index is 3.61.